The van der Waals surface area contributed by atoms with Crippen LogP contribution in [-0.4, -0.2) is 40.9 Å². The third kappa shape index (κ3) is 1.84. The summed E-state index contributed by atoms with van der Waals surface area (Å²) in [5, 5.41) is 9.09. The SMILES string of the molecule is CN(C)S(=O)(=O)n1c(N)nc2ccc(CO)cc21. The number of imidazole rings is 1. The van der Waals surface area contributed by atoms with Gasteiger partial charge in [-0.15, -0.1) is 0 Å². The van der Waals surface area contributed by atoms with Crippen LogP contribution in [0.2, 0.25) is 0 Å². The lowest BCUT2D eigenvalue weighted by Gasteiger charge is -2.13. The summed E-state index contributed by atoms with van der Waals surface area (Å²) in [4.78, 5) is 3.99. The lowest BCUT2D eigenvalue weighted by atomic mass is 10.2. The molecule has 2 aromatic rings. The van der Waals surface area contributed by atoms with Crippen molar-refractivity contribution in [2.75, 3.05) is 19.8 Å². The Morgan fingerprint density at radius 3 is 2.67 bits per heavy atom. The van der Waals surface area contributed by atoms with Crippen molar-refractivity contribution < 1.29 is 13.5 Å². The van der Waals surface area contributed by atoms with E-state index in [0.29, 0.717) is 16.6 Å². The largest absolute Gasteiger partial charge is 0.392 e. The molecule has 0 saturated carbocycles. The zero-order chi connectivity index (χ0) is 13.5. The molecule has 8 heteroatoms. The van der Waals surface area contributed by atoms with E-state index in [0.717, 1.165) is 8.28 Å². The van der Waals surface area contributed by atoms with Gasteiger partial charge in [0, 0.05) is 14.1 Å². The van der Waals surface area contributed by atoms with Crippen LogP contribution in [0.3, 0.4) is 0 Å². The fraction of sp³-hybridized carbons (Fsp3) is 0.300. The number of hydrogen-bond donors (Lipinski definition) is 2. The molecular formula is C10H14N4O3S. The lowest BCUT2D eigenvalue weighted by molar-refractivity contribution is 0.282. The number of rotatable bonds is 3. The number of fused-ring (bicyclic) bond motifs is 1. The van der Waals surface area contributed by atoms with Crippen LogP contribution < -0.4 is 5.73 Å². The second kappa shape index (κ2) is 4.23. The van der Waals surface area contributed by atoms with Crippen molar-refractivity contribution in [3.8, 4) is 0 Å². The molecule has 1 aromatic heterocycles. The van der Waals surface area contributed by atoms with Crippen LogP contribution in [0.1, 0.15) is 5.56 Å². The fourth-order valence-corrected chi connectivity index (χ4v) is 2.62. The predicted molar refractivity (Wildman–Crippen MR) is 68.1 cm³/mol. The highest BCUT2D eigenvalue weighted by Crippen LogP contribution is 2.22. The van der Waals surface area contributed by atoms with Crippen molar-refractivity contribution in [1.82, 2.24) is 13.3 Å². The molecular weight excluding hydrogens is 256 g/mol. The minimum absolute atomic E-state index is 0.103. The van der Waals surface area contributed by atoms with Gasteiger partial charge in [-0.3, -0.25) is 0 Å². The van der Waals surface area contributed by atoms with Crippen LogP contribution in [0.15, 0.2) is 18.2 Å². The fourth-order valence-electron chi connectivity index (χ4n) is 1.62. The van der Waals surface area contributed by atoms with Gasteiger partial charge in [0.15, 0.2) is 0 Å². The predicted octanol–water partition coefficient (Wildman–Crippen LogP) is -0.235. The number of aromatic nitrogens is 2. The average Bonchev–Trinajstić information content (AvgIpc) is 2.63. The van der Waals surface area contributed by atoms with Gasteiger partial charge in [0.1, 0.15) is 0 Å². The molecule has 0 fully saturated rings. The summed E-state index contributed by atoms with van der Waals surface area (Å²) in [6.45, 7) is -0.178. The molecule has 0 aliphatic rings. The maximum absolute atomic E-state index is 12.1. The highest BCUT2D eigenvalue weighted by Gasteiger charge is 2.23. The summed E-state index contributed by atoms with van der Waals surface area (Å²) in [5.74, 6) is -0.103. The van der Waals surface area contributed by atoms with Gasteiger partial charge in [-0.05, 0) is 17.7 Å². The first kappa shape index (κ1) is 12.8. The van der Waals surface area contributed by atoms with Gasteiger partial charge in [-0.25, -0.2) is 4.98 Å². The Morgan fingerprint density at radius 1 is 1.44 bits per heavy atom. The molecule has 1 heterocycles. The second-order valence-corrected chi connectivity index (χ2v) is 6.00. The van der Waals surface area contributed by atoms with Crippen molar-refractivity contribution in [3.63, 3.8) is 0 Å². The van der Waals surface area contributed by atoms with Gasteiger partial charge < -0.3 is 10.8 Å². The van der Waals surface area contributed by atoms with Gasteiger partial charge in [0.25, 0.3) is 0 Å². The van der Waals surface area contributed by atoms with E-state index in [2.05, 4.69) is 4.98 Å². The van der Waals surface area contributed by atoms with Crippen LogP contribution >= 0.6 is 0 Å². The summed E-state index contributed by atoms with van der Waals surface area (Å²) < 4.78 is 26.3. The molecule has 0 atom stereocenters. The number of nitrogens with two attached hydrogens (primary N) is 1. The molecule has 0 saturated heterocycles. The molecule has 0 aliphatic carbocycles. The van der Waals surface area contributed by atoms with E-state index < -0.39 is 10.2 Å². The van der Waals surface area contributed by atoms with Crippen molar-refractivity contribution in [1.29, 1.82) is 0 Å². The van der Waals surface area contributed by atoms with Crippen molar-refractivity contribution >= 4 is 27.2 Å². The zero-order valence-corrected chi connectivity index (χ0v) is 10.8. The molecule has 0 spiro atoms. The van der Waals surface area contributed by atoms with Crippen molar-refractivity contribution in [3.05, 3.63) is 23.8 Å². The van der Waals surface area contributed by atoms with Gasteiger partial charge in [0.2, 0.25) is 5.95 Å². The summed E-state index contributed by atoms with van der Waals surface area (Å²) in [6.07, 6.45) is 0. The number of hydrogen-bond acceptors (Lipinski definition) is 5. The van der Waals surface area contributed by atoms with E-state index in [1.807, 2.05) is 0 Å². The van der Waals surface area contributed by atoms with Crippen LogP contribution in [0.4, 0.5) is 5.95 Å². The lowest BCUT2D eigenvalue weighted by Crippen LogP contribution is -2.29. The van der Waals surface area contributed by atoms with Crippen LogP contribution in [0, 0.1) is 0 Å². The van der Waals surface area contributed by atoms with Crippen LogP contribution in [0.25, 0.3) is 11.0 Å². The van der Waals surface area contributed by atoms with E-state index in [1.54, 1.807) is 18.2 Å². The molecule has 2 rings (SSSR count). The molecule has 0 unspecified atom stereocenters. The molecule has 0 bridgehead atoms. The molecule has 0 aliphatic heterocycles. The molecule has 1 aromatic carbocycles. The summed E-state index contributed by atoms with van der Waals surface area (Å²) >= 11 is 0. The number of aliphatic hydroxyl groups excluding tert-OH is 1. The first-order valence-electron chi connectivity index (χ1n) is 5.18. The highest BCUT2D eigenvalue weighted by molar-refractivity contribution is 7.87. The smallest absolute Gasteiger partial charge is 0.310 e. The van der Waals surface area contributed by atoms with E-state index in [9.17, 15) is 8.42 Å². The normalized spacial score (nSPS) is 12.4. The van der Waals surface area contributed by atoms with Gasteiger partial charge >= 0.3 is 10.2 Å². The van der Waals surface area contributed by atoms with E-state index >= 15 is 0 Å². The molecule has 7 nitrogen and oxygen atoms in total. The number of nitrogen functional groups attached to an aromatic ring is 1. The Labute approximate surface area is 105 Å². The summed E-state index contributed by atoms with van der Waals surface area (Å²) in [6, 6.07) is 4.85. The van der Waals surface area contributed by atoms with Crippen LogP contribution in [-0.2, 0) is 16.8 Å². The molecule has 3 N–H and O–H groups in total. The molecule has 0 amide bonds. The standard InChI is InChI=1S/C10H14N4O3S/c1-13(2)18(16,17)14-9-5-7(6-15)3-4-8(9)12-10(14)11/h3-5,15H,6H2,1-2H3,(H2,11,12). The Balaban J connectivity index is 2.81. The topological polar surface area (TPSA) is 101 Å². The Morgan fingerprint density at radius 2 is 2.11 bits per heavy atom. The monoisotopic (exact) mass is 270 g/mol. The Kier molecular flexibility index (Phi) is 3.01. The number of anilines is 1. The third-order valence-electron chi connectivity index (χ3n) is 2.58. The van der Waals surface area contributed by atoms with Crippen molar-refractivity contribution in [2.24, 2.45) is 0 Å². The maximum Gasteiger partial charge on any atom is 0.310 e. The first-order valence-corrected chi connectivity index (χ1v) is 6.58. The van der Waals surface area contributed by atoms with Gasteiger partial charge in [-0.1, -0.05) is 6.07 Å². The number of aliphatic hydroxyl groups is 1. The minimum Gasteiger partial charge on any atom is -0.392 e. The van der Waals surface area contributed by atoms with E-state index in [4.69, 9.17) is 10.8 Å². The minimum atomic E-state index is -3.73. The first-order chi connectivity index (χ1) is 8.37. The highest BCUT2D eigenvalue weighted by atomic mass is 32.2. The van der Waals surface area contributed by atoms with Crippen LogP contribution in [0.5, 0.6) is 0 Å². The Hall–Kier alpha value is -1.64. The summed E-state index contributed by atoms with van der Waals surface area (Å²) in [5.41, 5.74) is 7.07. The van der Waals surface area contributed by atoms with Gasteiger partial charge in [0.05, 0.1) is 17.6 Å². The van der Waals surface area contributed by atoms with E-state index in [-0.39, 0.29) is 12.6 Å². The van der Waals surface area contributed by atoms with E-state index in [1.165, 1.54) is 14.1 Å². The molecule has 0 radical (unpaired) electrons. The molecule has 98 valence electrons. The zero-order valence-electron chi connectivity index (χ0n) is 10.0. The number of nitrogens with zero attached hydrogens (tertiary/aromatic N) is 3. The van der Waals surface area contributed by atoms with Crippen molar-refractivity contribution in [2.45, 2.75) is 6.61 Å². The number of benzene rings is 1. The third-order valence-corrected chi connectivity index (χ3v) is 4.34. The average molecular weight is 270 g/mol. The second-order valence-electron chi connectivity index (χ2n) is 4.01. The maximum atomic E-state index is 12.1. The quantitative estimate of drug-likeness (QED) is 0.802. The molecule has 18 heavy (non-hydrogen) atoms. The Bertz CT molecular complexity index is 690. The van der Waals surface area contributed by atoms with Gasteiger partial charge in [-0.2, -0.15) is 16.7 Å². The summed E-state index contributed by atoms with van der Waals surface area (Å²) in [7, 11) is -0.909.